The van der Waals surface area contributed by atoms with Crippen LogP contribution in [0, 0.1) is 0 Å². The third kappa shape index (κ3) is 2.91. The minimum absolute atomic E-state index is 0.146. The van der Waals surface area contributed by atoms with E-state index in [4.69, 9.17) is 32.7 Å². The third-order valence-electron chi connectivity index (χ3n) is 2.38. The Hall–Kier alpha value is -0.700. The van der Waals surface area contributed by atoms with Crippen LogP contribution in [0.25, 0.3) is 0 Å². The van der Waals surface area contributed by atoms with E-state index in [0.717, 1.165) is 6.42 Å². The lowest BCUT2D eigenvalue weighted by Crippen LogP contribution is -2.07. The lowest BCUT2D eigenvalue weighted by Gasteiger charge is -2.06. The van der Waals surface area contributed by atoms with E-state index in [1.165, 1.54) is 0 Å². The summed E-state index contributed by atoms with van der Waals surface area (Å²) in [6, 6.07) is 5.15. The smallest absolute Gasteiger partial charge is 0.139 e. The van der Waals surface area contributed by atoms with E-state index in [-0.39, 0.29) is 12.2 Å². The van der Waals surface area contributed by atoms with Gasteiger partial charge >= 0.3 is 0 Å². The largest absolute Gasteiger partial charge is 0.489 e. The highest BCUT2D eigenvalue weighted by Gasteiger charge is 2.38. The average Bonchev–Trinajstić information content (AvgIpc) is 2.99. The maximum Gasteiger partial charge on any atom is 0.139 e. The van der Waals surface area contributed by atoms with Crippen molar-refractivity contribution in [2.24, 2.45) is 0 Å². The van der Waals surface area contributed by atoms with E-state index >= 15 is 0 Å². The van der Waals surface area contributed by atoms with Crippen LogP contribution in [0.4, 0.5) is 0 Å². The molecule has 1 saturated heterocycles. The predicted octanol–water partition coefficient (Wildman–Crippen LogP) is 3.72. The SMILES string of the molecule is C=CCC1OC1COc1cc(Cl)ccc1Cl. The van der Waals surface area contributed by atoms with Crippen LogP contribution in [-0.4, -0.2) is 18.8 Å². The summed E-state index contributed by atoms with van der Waals surface area (Å²) in [5.41, 5.74) is 0. The number of hydrogen-bond acceptors (Lipinski definition) is 2. The van der Waals surface area contributed by atoms with Gasteiger partial charge in [-0.2, -0.15) is 0 Å². The first kappa shape index (κ1) is 11.8. The summed E-state index contributed by atoms with van der Waals surface area (Å²) in [7, 11) is 0. The number of halogens is 2. The van der Waals surface area contributed by atoms with E-state index in [9.17, 15) is 0 Å². The Morgan fingerprint density at radius 2 is 2.19 bits per heavy atom. The number of benzene rings is 1. The number of hydrogen-bond donors (Lipinski definition) is 0. The highest BCUT2D eigenvalue weighted by Crippen LogP contribution is 2.30. The van der Waals surface area contributed by atoms with E-state index in [2.05, 4.69) is 6.58 Å². The van der Waals surface area contributed by atoms with E-state index < -0.39 is 0 Å². The summed E-state index contributed by atoms with van der Waals surface area (Å²) >= 11 is 11.8. The molecular weight excluding hydrogens is 247 g/mol. The second-order valence-electron chi connectivity index (χ2n) is 3.62. The minimum atomic E-state index is 0.146. The molecule has 1 aromatic carbocycles. The maximum absolute atomic E-state index is 5.96. The molecule has 2 atom stereocenters. The van der Waals surface area contributed by atoms with Crippen LogP contribution in [0.3, 0.4) is 0 Å². The number of rotatable bonds is 5. The van der Waals surface area contributed by atoms with Gasteiger partial charge < -0.3 is 9.47 Å². The molecule has 1 aromatic rings. The molecule has 4 heteroatoms. The van der Waals surface area contributed by atoms with E-state index in [1.54, 1.807) is 18.2 Å². The van der Waals surface area contributed by atoms with Crippen molar-refractivity contribution in [1.82, 2.24) is 0 Å². The Balaban J connectivity index is 1.86. The van der Waals surface area contributed by atoms with Crippen molar-refractivity contribution in [2.45, 2.75) is 18.6 Å². The lowest BCUT2D eigenvalue weighted by atomic mass is 10.2. The predicted molar refractivity (Wildman–Crippen MR) is 65.4 cm³/mol. The highest BCUT2D eigenvalue weighted by molar-refractivity contribution is 6.34. The highest BCUT2D eigenvalue weighted by atomic mass is 35.5. The molecule has 0 aromatic heterocycles. The standard InChI is InChI=1S/C12H12Cl2O2/c1-2-3-10-12(16-10)7-15-11-6-8(13)4-5-9(11)14/h2,4-6,10,12H,1,3,7H2. The summed E-state index contributed by atoms with van der Waals surface area (Å²) in [5.74, 6) is 0.599. The fourth-order valence-electron chi connectivity index (χ4n) is 1.46. The van der Waals surface area contributed by atoms with E-state index in [0.29, 0.717) is 22.4 Å². The first-order valence-electron chi connectivity index (χ1n) is 5.05. The molecule has 0 radical (unpaired) electrons. The molecule has 0 bridgehead atoms. The molecule has 1 heterocycles. The average molecular weight is 259 g/mol. The molecule has 0 spiro atoms. The molecule has 0 N–H and O–H groups in total. The fraction of sp³-hybridized carbons (Fsp3) is 0.333. The van der Waals surface area contributed by atoms with Crippen LogP contribution < -0.4 is 4.74 Å². The molecule has 0 saturated carbocycles. The van der Waals surface area contributed by atoms with Gasteiger partial charge in [-0.05, 0) is 18.6 Å². The molecular formula is C12H12Cl2O2. The van der Waals surface area contributed by atoms with Crippen molar-refractivity contribution in [3.63, 3.8) is 0 Å². The van der Waals surface area contributed by atoms with Crippen LogP contribution in [-0.2, 0) is 4.74 Å². The van der Waals surface area contributed by atoms with Gasteiger partial charge in [0.2, 0.25) is 0 Å². The Bertz CT molecular complexity index is 393. The van der Waals surface area contributed by atoms with Crippen molar-refractivity contribution >= 4 is 23.2 Å². The molecule has 2 rings (SSSR count). The van der Waals surface area contributed by atoms with Gasteiger partial charge in [0.05, 0.1) is 11.1 Å². The van der Waals surface area contributed by atoms with Gasteiger partial charge in [-0.1, -0.05) is 29.3 Å². The zero-order valence-corrected chi connectivity index (χ0v) is 10.2. The molecule has 16 heavy (non-hydrogen) atoms. The molecule has 1 aliphatic rings. The molecule has 0 amide bonds. The van der Waals surface area contributed by atoms with Crippen LogP contribution in [0.15, 0.2) is 30.9 Å². The summed E-state index contributed by atoms with van der Waals surface area (Å²) in [6.45, 7) is 4.16. The second-order valence-corrected chi connectivity index (χ2v) is 4.47. The zero-order valence-electron chi connectivity index (χ0n) is 8.66. The summed E-state index contributed by atoms with van der Waals surface area (Å²) < 4.78 is 10.9. The van der Waals surface area contributed by atoms with Gasteiger partial charge in [0.25, 0.3) is 0 Å². The Morgan fingerprint density at radius 3 is 2.94 bits per heavy atom. The normalized spacial score (nSPS) is 22.9. The second kappa shape index (κ2) is 5.09. The van der Waals surface area contributed by atoms with Gasteiger partial charge in [-0.15, -0.1) is 6.58 Å². The topological polar surface area (TPSA) is 21.8 Å². The molecule has 2 nitrogen and oxygen atoms in total. The minimum Gasteiger partial charge on any atom is -0.489 e. The van der Waals surface area contributed by atoms with Crippen molar-refractivity contribution in [1.29, 1.82) is 0 Å². The van der Waals surface area contributed by atoms with Crippen LogP contribution in [0.2, 0.25) is 10.0 Å². The van der Waals surface area contributed by atoms with Crippen molar-refractivity contribution < 1.29 is 9.47 Å². The first-order chi connectivity index (χ1) is 7.70. The van der Waals surface area contributed by atoms with Crippen LogP contribution >= 0.6 is 23.2 Å². The molecule has 1 aliphatic heterocycles. The summed E-state index contributed by atoms with van der Waals surface area (Å²) in [4.78, 5) is 0. The zero-order chi connectivity index (χ0) is 11.5. The van der Waals surface area contributed by atoms with E-state index in [1.807, 2.05) is 6.08 Å². The maximum atomic E-state index is 5.96. The Morgan fingerprint density at radius 1 is 1.38 bits per heavy atom. The first-order valence-corrected chi connectivity index (χ1v) is 5.80. The van der Waals surface area contributed by atoms with Gasteiger partial charge in [0.15, 0.2) is 0 Å². The molecule has 1 fully saturated rings. The Kier molecular flexibility index (Phi) is 3.74. The van der Waals surface area contributed by atoms with Crippen molar-refractivity contribution in [3.8, 4) is 5.75 Å². The monoisotopic (exact) mass is 258 g/mol. The molecule has 0 aliphatic carbocycles. The van der Waals surface area contributed by atoms with Gasteiger partial charge in [0, 0.05) is 11.1 Å². The fourth-order valence-corrected chi connectivity index (χ4v) is 1.79. The van der Waals surface area contributed by atoms with Gasteiger partial charge in [-0.3, -0.25) is 0 Å². The number of epoxide rings is 1. The molecule has 2 unspecified atom stereocenters. The number of ether oxygens (including phenoxy) is 2. The van der Waals surface area contributed by atoms with Crippen LogP contribution in [0.5, 0.6) is 5.75 Å². The summed E-state index contributed by atoms with van der Waals surface area (Å²) in [6.07, 6.45) is 3.09. The summed E-state index contributed by atoms with van der Waals surface area (Å²) in [5, 5.41) is 1.17. The Labute approximate surface area is 105 Å². The quantitative estimate of drug-likeness (QED) is 0.593. The molecule has 86 valence electrons. The lowest BCUT2D eigenvalue weighted by molar-refractivity contribution is 0.260. The van der Waals surface area contributed by atoms with Gasteiger partial charge in [-0.25, -0.2) is 0 Å². The third-order valence-corrected chi connectivity index (χ3v) is 2.93. The van der Waals surface area contributed by atoms with Crippen LogP contribution in [0.1, 0.15) is 6.42 Å². The van der Waals surface area contributed by atoms with Crippen molar-refractivity contribution in [3.05, 3.63) is 40.9 Å². The van der Waals surface area contributed by atoms with Gasteiger partial charge in [0.1, 0.15) is 18.5 Å². The van der Waals surface area contributed by atoms with Crippen molar-refractivity contribution in [2.75, 3.05) is 6.61 Å².